The Hall–Kier alpha value is -1.48. The van der Waals surface area contributed by atoms with Crippen molar-refractivity contribution in [2.45, 2.75) is 38.0 Å². The molecular weight excluding hydrogens is 382 g/mol. The number of carbonyl (C=O) groups excluding carboxylic acids is 1. The molecule has 0 spiro atoms. The second kappa shape index (κ2) is 7.26. The van der Waals surface area contributed by atoms with Crippen LogP contribution in [0, 0.1) is 17.6 Å². The van der Waals surface area contributed by atoms with Crippen LogP contribution in [0.2, 0.25) is 0 Å². The van der Waals surface area contributed by atoms with Crippen LogP contribution >= 0.6 is 11.8 Å². The summed E-state index contributed by atoms with van der Waals surface area (Å²) in [4.78, 5) is 18.1. The molecule has 0 N–H and O–H groups in total. The van der Waals surface area contributed by atoms with Gasteiger partial charge in [-0.3, -0.25) is 4.79 Å². The molecule has 26 heavy (non-hydrogen) atoms. The van der Waals surface area contributed by atoms with Crippen molar-refractivity contribution < 1.29 is 22.0 Å². The summed E-state index contributed by atoms with van der Waals surface area (Å²) in [7, 11) is -3.24. The van der Waals surface area contributed by atoms with E-state index in [2.05, 4.69) is 4.99 Å². The van der Waals surface area contributed by atoms with Crippen LogP contribution in [0.5, 0.6) is 0 Å². The molecule has 2 atom stereocenters. The minimum absolute atomic E-state index is 0.0413. The number of fused-ring (bicyclic) bond motifs is 1. The van der Waals surface area contributed by atoms with Crippen LogP contribution in [0.1, 0.15) is 26.7 Å². The zero-order valence-electron chi connectivity index (χ0n) is 14.5. The maximum Gasteiger partial charge on any atom is 0.251 e. The SMILES string of the molecule is CCC(CC)C(=O)N=C1SC2CS(=O)(=O)CC2N1c1ccc(F)cc1F. The first-order valence-electron chi connectivity index (χ1n) is 8.49. The summed E-state index contributed by atoms with van der Waals surface area (Å²) in [6.07, 6.45) is 1.28. The molecular formula is C17H20F2N2O3S2. The van der Waals surface area contributed by atoms with Gasteiger partial charge in [0.25, 0.3) is 5.91 Å². The Labute approximate surface area is 155 Å². The zero-order valence-corrected chi connectivity index (χ0v) is 16.1. The van der Waals surface area contributed by atoms with Crippen LogP contribution in [0.4, 0.5) is 14.5 Å². The first-order chi connectivity index (χ1) is 12.3. The summed E-state index contributed by atoms with van der Waals surface area (Å²) in [5.41, 5.74) is 0.0413. The van der Waals surface area contributed by atoms with Gasteiger partial charge in [0, 0.05) is 17.2 Å². The number of amides is 1. The largest absolute Gasteiger partial charge is 0.313 e. The normalized spacial score (nSPS) is 25.9. The van der Waals surface area contributed by atoms with E-state index in [0.717, 1.165) is 12.1 Å². The highest BCUT2D eigenvalue weighted by Crippen LogP contribution is 2.42. The predicted octanol–water partition coefficient (Wildman–Crippen LogP) is 3.00. The van der Waals surface area contributed by atoms with Gasteiger partial charge in [-0.15, -0.1) is 0 Å². The van der Waals surface area contributed by atoms with Crippen LogP contribution in [-0.2, 0) is 14.6 Å². The van der Waals surface area contributed by atoms with Gasteiger partial charge < -0.3 is 4.90 Å². The fourth-order valence-electron chi connectivity index (χ4n) is 3.35. The maximum absolute atomic E-state index is 14.4. The Bertz CT molecular complexity index is 854. The summed E-state index contributed by atoms with van der Waals surface area (Å²) < 4.78 is 51.6. The third-order valence-electron chi connectivity index (χ3n) is 4.78. The topological polar surface area (TPSA) is 66.8 Å². The number of hydrogen-bond donors (Lipinski definition) is 0. The lowest BCUT2D eigenvalue weighted by Gasteiger charge is -2.25. The van der Waals surface area contributed by atoms with Gasteiger partial charge in [0.05, 0.1) is 23.2 Å². The summed E-state index contributed by atoms with van der Waals surface area (Å²) in [6.45, 7) is 3.79. The van der Waals surface area contributed by atoms with E-state index in [9.17, 15) is 22.0 Å². The fraction of sp³-hybridized carbons (Fsp3) is 0.529. The molecule has 5 nitrogen and oxygen atoms in total. The highest BCUT2D eigenvalue weighted by atomic mass is 32.2. The number of benzene rings is 1. The molecule has 2 saturated heterocycles. The molecule has 2 heterocycles. The number of rotatable bonds is 4. The number of sulfone groups is 1. The fourth-order valence-corrected chi connectivity index (χ4v) is 7.26. The van der Waals surface area contributed by atoms with Crippen molar-refractivity contribution in [3.63, 3.8) is 0 Å². The second-order valence-corrected chi connectivity index (χ2v) is 9.87. The van der Waals surface area contributed by atoms with E-state index < -0.39 is 27.5 Å². The third-order valence-corrected chi connectivity index (χ3v) is 7.99. The molecule has 0 radical (unpaired) electrons. The summed E-state index contributed by atoms with van der Waals surface area (Å²) in [6, 6.07) is 2.60. The van der Waals surface area contributed by atoms with Gasteiger partial charge in [-0.05, 0) is 25.0 Å². The Balaban J connectivity index is 2.02. The molecule has 9 heteroatoms. The third kappa shape index (κ3) is 3.64. The average Bonchev–Trinajstić information content (AvgIpc) is 3.00. The number of nitrogens with zero attached hydrogens (tertiary/aromatic N) is 2. The summed E-state index contributed by atoms with van der Waals surface area (Å²) >= 11 is 1.18. The van der Waals surface area contributed by atoms with E-state index in [4.69, 9.17) is 0 Å². The first kappa shape index (κ1) is 19.3. The molecule has 142 valence electrons. The molecule has 1 aromatic rings. The number of halogens is 2. The lowest BCUT2D eigenvalue weighted by atomic mass is 10.0. The van der Waals surface area contributed by atoms with E-state index in [1.165, 1.54) is 22.7 Å². The van der Waals surface area contributed by atoms with E-state index in [1.54, 1.807) is 0 Å². The van der Waals surface area contributed by atoms with Crippen LogP contribution in [0.15, 0.2) is 23.2 Å². The number of anilines is 1. The zero-order chi connectivity index (χ0) is 19.1. The van der Waals surface area contributed by atoms with Crippen LogP contribution < -0.4 is 4.90 Å². The highest BCUT2D eigenvalue weighted by molar-refractivity contribution is 8.16. The van der Waals surface area contributed by atoms with Gasteiger partial charge >= 0.3 is 0 Å². The number of aliphatic imine (C=N–C) groups is 1. The molecule has 2 aliphatic rings. The second-order valence-electron chi connectivity index (χ2n) is 6.51. The van der Waals surface area contributed by atoms with Gasteiger partial charge in [-0.1, -0.05) is 25.6 Å². The van der Waals surface area contributed by atoms with Crippen LogP contribution in [-0.4, -0.2) is 42.3 Å². The molecule has 0 bridgehead atoms. The molecule has 0 aromatic heterocycles. The minimum Gasteiger partial charge on any atom is -0.313 e. The molecule has 2 unspecified atom stereocenters. The molecule has 3 rings (SSSR count). The van der Waals surface area contributed by atoms with Gasteiger partial charge in [0.1, 0.15) is 11.6 Å². The van der Waals surface area contributed by atoms with Crippen molar-refractivity contribution in [1.29, 1.82) is 0 Å². The van der Waals surface area contributed by atoms with Crippen LogP contribution in [0.3, 0.4) is 0 Å². The molecule has 1 aromatic carbocycles. The maximum atomic E-state index is 14.4. The van der Waals surface area contributed by atoms with Gasteiger partial charge in [-0.25, -0.2) is 17.2 Å². The molecule has 2 fully saturated rings. The monoisotopic (exact) mass is 402 g/mol. The van der Waals surface area contributed by atoms with Crippen molar-refractivity contribution in [2.24, 2.45) is 10.9 Å². The van der Waals surface area contributed by atoms with E-state index in [1.807, 2.05) is 13.8 Å². The molecule has 0 saturated carbocycles. The van der Waals surface area contributed by atoms with Gasteiger partial charge in [0.15, 0.2) is 15.0 Å². The van der Waals surface area contributed by atoms with E-state index >= 15 is 0 Å². The van der Waals surface area contributed by atoms with Crippen molar-refractivity contribution in [3.8, 4) is 0 Å². The lowest BCUT2D eigenvalue weighted by molar-refractivity contribution is -0.121. The standard InChI is InChI=1S/C17H20F2N2O3S2/c1-3-10(4-2)16(22)20-17-21(13-6-5-11(18)7-12(13)19)14-8-26(23,24)9-15(14)25-17/h5-7,10,14-15H,3-4,8-9H2,1-2H3. The van der Waals surface area contributed by atoms with E-state index in [-0.39, 0.29) is 39.4 Å². The molecule has 1 amide bonds. The predicted molar refractivity (Wildman–Crippen MR) is 99.2 cm³/mol. The van der Waals surface area contributed by atoms with Gasteiger partial charge in [0.2, 0.25) is 0 Å². The Morgan fingerprint density at radius 2 is 2.00 bits per heavy atom. The lowest BCUT2D eigenvalue weighted by Crippen LogP contribution is -2.38. The summed E-state index contributed by atoms with van der Waals surface area (Å²) in [5, 5.41) is -0.0324. The van der Waals surface area contributed by atoms with Crippen LogP contribution in [0.25, 0.3) is 0 Å². The van der Waals surface area contributed by atoms with Crippen molar-refractivity contribution >= 4 is 38.4 Å². The molecule has 0 aliphatic carbocycles. The number of amidine groups is 1. The Morgan fingerprint density at radius 1 is 1.31 bits per heavy atom. The summed E-state index contributed by atoms with van der Waals surface area (Å²) in [5.74, 6) is -2.24. The quantitative estimate of drug-likeness (QED) is 0.775. The molecule has 2 aliphatic heterocycles. The van der Waals surface area contributed by atoms with Crippen molar-refractivity contribution in [1.82, 2.24) is 0 Å². The number of thioether (sulfide) groups is 1. The Kier molecular flexibility index (Phi) is 5.39. The first-order valence-corrected chi connectivity index (χ1v) is 11.2. The minimum atomic E-state index is -3.24. The van der Waals surface area contributed by atoms with E-state index in [0.29, 0.717) is 12.8 Å². The highest BCUT2D eigenvalue weighted by Gasteiger charge is 2.50. The van der Waals surface area contributed by atoms with Crippen molar-refractivity contribution in [3.05, 3.63) is 29.8 Å². The number of hydrogen-bond acceptors (Lipinski definition) is 4. The van der Waals surface area contributed by atoms with Gasteiger partial charge in [-0.2, -0.15) is 4.99 Å². The average molecular weight is 402 g/mol. The number of carbonyl (C=O) groups is 1. The smallest absolute Gasteiger partial charge is 0.251 e. The van der Waals surface area contributed by atoms with Crippen molar-refractivity contribution in [2.75, 3.05) is 16.4 Å². The Morgan fingerprint density at radius 3 is 2.62 bits per heavy atom.